The molecular weight excluding hydrogens is 364 g/mol. The Labute approximate surface area is 167 Å². The maximum Gasteiger partial charge on any atom is 0.272 e. The topological polar surface area (TPSA) is 68.2 Å². The first-order valence-electron chi connectivity index (χ1n) is 9.51. The number of ether oxygens (including phenoxy) is 1. The first-order chi connectivity index (χ1) is 12.7. The van der Waals surface area contributed by atoms with Crippen molar-refractivity contribution in [3.63, 3.8) is 0 Å². The fourth-order valence-corrected chi connectivity index (χ4v) is 3.41. The molecule has 2 N–H and O–H groups in total. The summed E-state index contributed by atoms with van der Waals surface area (Å²) >= 11 is 0. The van der Waals surface area contributed by atoms with Crippen LogP contribution in [0.2, 0.25) is 0 Å². The maximum absolute atomic E-state index is 12.7. The lowest BCUT2D eigenvalue weighted by Gasteiger charge is -2.23. The Bertz CT molecular complexity index is 728. The van der Waals surface area contributed by atoms with Crippen LogP contribution in [0.25, 0.3) is 0 Å². The Hall–Kier alpha value is -2.05. The number of hydrogen-bond acceptors (Lipinski definition) is 4. The van der Waals surface area contributed by atoms with E-state index in [9.17, 15) is 4.79 Å². The Morgan fingerprint density at radius 2 is 2.19 bits per heavy atom. The summed E-state index contributed by atoms with van der Waals surface area (Å²) in [6.07, 6.45) is 4.91. The van der Waals surface area contributed by atoms with Crippen molar-refractivity contribution >= 4 is 18.3 Å². The predicted molar refractivity (Wildman–Crippen MR) is 109 cm³/mol. The summed E-state index contributed by atoms with van der Waals surface area (Å²) in [6, 6.07) is 9.88. The van der Waals surface area contributed by atoms with Crippen LogP contribution in [0, 0.1) is 0 Å². The average molecular weight is 393 g/mol. The van der Waals surface area contributed by atoms with E-state index in [1.54, 1.807) is 6.07 Å². The van der Waals surface area contributed by atoms with Crippen LogP contribution >= 0.6 is 12.4 Å². The molecule has 2 unspecified atom stereocenters. The fourth-order valence-electron chi connectivity index (χ4n) is 3.41. The van der Waals surface area contributed by atoms with Crippen LogP contribution in [0.3, 0.4) is 0 Å². The van der Waals surface area contributed by atoms with Gasteiger partial charge in [-0.25, -0.2) is 0 Å². The molecule has 148 valence electrons. The van der Waals surface area contributed by atoms with Crippen LogP contribution in [-0.2, 0) is 0 Å². The van der Waals surface area contributed by atoms with Crippen molar-refractivity contribution in [2.75, 3.05) is 19.7 Å². The lowest BCUT2D eigenvalue weighted by atomic mass is 10.0. The van der Waals surface area contributed by atoms with Gasteiger partial charge in [0.15, 0.2) is 0 Å². The second kappa shape index (κ2) is 10.3. The molecule has 2 heterocycles. The van der Waals surface area contributed by atoms with Crippen LogP contribution in [-0.4, -0.2) is 35.4 Å². The zero-order chi connectivity index (χ0) is 18.4. The highest BCUT2D eigenvalue weighted by molar-refractivity contribution is 5.92. The summed E-state index contributed by atoms with van der Waals surface area (Å²) in [4.78, 5) is 12.7. The third-order valence-corrected chi connectivity index (χ3v) is 4.79. The first-order valence-corrected chi connectivity index (χ1v) is 9.51. The Kier molecular flexibility index (Phi) is 8.13. The van der Waals surface area contributed by atoms with Crippen LogP contribution in [0.1, 0.15) is 61.2 Å². The normalized spacial score (nSPS) is 17.6. The van der Waals surface area contributed by atoms with Crippen LogP contribution in [0.5, 0.6) is 5.75 Å². The van der Waals surface area contributed by atoms with Gasteiger partial charge in [0, 0.05) is 18.3 Å². The van der Waals surface area contributed by atoms with E-state index >= 15 is 0 Å². The maximum atomic E-state index is 12.7. The van der Waals surface area contributed by atoms with Crippen LogP contribution in [0.15, 0.2) is 36.5 Å². The highest BCUT2D eigenvalue weighted by Crippen LogP contribution is 2.27. The lowest BCUT2D eigenvalue weighted by molar-refractivity contribution is 0.0928. The van der Waals surface area contributed by atoms with E-state index < -0.39 is 0 Å². The number of halogens is 1. The molecule has 0 radical (unpaired) electrons. The van der Waals surface area contributed by atoms with Gasteiger partial charge in [0.1, 0.15) is 11.4 Å². The van der Waals surface area contributed by atoms with Crippen molar-refractivity contribution in [3.8, 4) is 5.75 Å². The summed E-state index contributed by atoms with van der Waals surface area (Å²) < 4.78 is 7.63. The first kappa shape index (κ1) is 21.3. The number of amides is 1. The van der Waals surface area contributed by atoms with Crippen molar-refractivity contribution in [2.24, 2.45) is 0 Å². The van der Waals surface area contributed by atoms with Crippen molar-refractivity contribution in [1.82, 2.24) is 20.4 Å². The van der Waals surface area contributed by atoms with Crippen molar-refractivity contribution in [3.05, 3.63) is 47.8 Å². The molecule has 1 aliphatic heterocycles. The summed E-state index contributed by atoms with van der Waals surface area (Å²) in [6.45, 7) is 6.58. The summed E-state index contributed by atoms with van der Waals surface area (Å²) in [7, 11) is 0. The molecule has 0 spiro atoms. The minimum absolute atomic E-state index is 0. The molecule has 1 amide bonds. The number of carbonyl (C=O) groups excluding carboxylic acids is 1. The Morgan fingerprint density at radius 1 is 1.37 bits per heavy atom. The summed E-state index contributed by atoms with van der Waals surface area (Å²) in [5.41, 5.74) is 1.46. The molecule has 7 heteroatoms. The van der Waals surface area contributed by atoms with Crippen molar-refractivity contribution < 1.29 is 9.53 Å². The molecule has 1 aromatic heterocycles. The van der Waals surface area contributed by atoms with Gasteiger partial charge in [-0.1, -0.05) is 25.1 Å². The van der Waals surface area contributed by atoms with E-state index in [-0.39, 0.29) is 24.4 Å². The third kappa shape index (κ3) is 5.23. The number of para-hydroxylation sites is 1. The van der Waals surface area contributed by atoms with Gasteiger partial charge in [0.25, 0.3) is 5.91 Å². The highest BCUT2D eigenvalue weighted by atomic mass is 35.5. The molecular formula is C20H29ClN4O2. The number of benzene rings is 1. The predicted octanol–water partition coefficient (Wildman–Crippen LogP) is 3.51. The van der Waals surface area contributed by atoms with Gasteiger partial charge in [-0.2, -0.15) is 5.10 Å². The number of rotatable bonds is 7. The standard InChI is InChI=1S/C20H28N4O2.ClH/c1-3-17(16-9-5-6-10-19(16)26-4-2)22-20(25)18-11-13-24(23-18)15-8-7-12-21-14-15;/h5-6,9-11,13,15,17,21H,3-4,7-8,12,14H2,1-2H3,(H,22,25);1H. The molecule has 1 aromatic carbocycles. The smallest absolute Gasteiger partial charge is 0.272 e. The second-order valence-electron chi connectivity index (χ2n) is 6.59. The molecule has 27 heavy (non-hydrogen) atoms. The van der Waals surface area contributed by atoms with E-state index in [1.807, 2.05) is 42.1 Å². The van der Waals surface area contributed by atoms with E-state index in [4.69, 9.17) is 4.74 Å². The minimum Gasteiger partial charge on any atom is -0.494 e. The molecule has 1 fully saturated rings. The lowest BCUT2D eigenvalue weighted by Crippen LogP contribution is -2.32. The number of hydrogen-bond donors (Lipinski definition) is 2. The zero-order valence-corrected chi connectivity index (χ0v) is 16.8. The largest absolute Gasteiger partial charge is 0.494 e. The van der Waals surface area contributed by atoms with Crippen molar-refractivity contribution in [1.29, 1.82) is 0 Å². The zero-order valence-electron chi connectivity index (χ0n) is 16.0. The molecule has 6 nitrogen and oxygen atoms in total. The minimum atomic E-state index is -0.148. The number of aromatic nitrogens is 2. The van der Waals surface area contributed by atoms with E-state index in [0.717, 1.165) is 43.7 Å². The van der Waals surface area contributed by atoms with Gasteiger partial charge < -0.3 is 15.4 Å². The monoisotopic (exact) mass is 392 g/mol. The number of nitrogens with zero attached hydrogens (tertiary/aromatic N) is 2. The molecule has 0 bridgehead atoms. The number of nitrogens with one attached hydrogen (secondary N) is 2. The Morgan fingerprint density at radius 3 is 2.89 bits per heavy atom. The Balaban J connectivity index is 0.00000261. The van der Waals surface area contributed by atoms with Gasteiger partial charge in [0.05, 0.1) is 18.7 Å². The second-order valence-corrected chi connectivity index (χ2v) is 6.59. The molecule has 1 saturated heterocycles. The fraction of sp³-hybridized carbons (Fsp3) is 0.500. The molecule has 1 aliphatic rings. The van der Waals surface area contributed by atoms with Gasteiger partial charge >= 0.3 is 0 Å². The van der Waals surface area contributed by atoms with Gasteiger partial charge in [-0.15, -0.1) is 12.4 Å². The van der Waals surface area contributed by atoms with Gasteiger partial charge in [-0.3, -0.25) is 9.48 Å². The molecule has 2 atom stereocenters. The van der Waals surface area contributed by atoms with Crippen LogP contribution in [0.4, 0.5) is 0 Å². The van der Waals surface area contributed by atoms with E-state index in [0.29, 0.717) is 18.3 Å². The van der Waals surface area contributed by atoms with Crippen molar-refractivity contribution in [2.45, 2.75) is 45.2 Å². The molecule has 0 aliphatic carbocycles. The summed E-state index contributed by atoms with van der Waals surface area (Å²) in [5.74, 6) is 0.673. The van der Waals surface area contributed by atoms with Crippen LogP contribution < -0.4 is 15.4 Å². The quantitative estimate of drug-likeness (QED) is 0.756. The molecule has 3 rings (SSSR count). The third-order valence-electron chi connectivity index (χ3n) is 4.79. The van der Waals surface area contributed by atoms with Gasteiger partial charge in [0.2, 0.25) is 0 Å². The van der Waals surface area contributed by atoms with E-state index in [2.05, 4.69) is 22.7 Å². The number of carbonyl (C=O) groups is 1. The molecule has 2 aromatic rings. The number of piperidine rings is 1. The van der Waals surface area contributed by atoms with Gasteiger partial charge in [-0.05, 0) is 44.9 Å². The summed E-state index contributed by atoms with van der Waals surface area (Å²) in [5, 5.41) is 11.0. The highest BCUT2D eigenvalue weighted by Gasteiger charge is 2.21. The average Bonchev–Trinajstić information content (AvgIpc) is 3.18. The molecule has 0 saturated carbocycles. The van der Waals surface area contributed by atoms with E-state index in [1.165, 1.54) is 0 Å². The SMILES string of the molecule is CCOc1ccccc1C(CC)NC(=O)c1ccn(C2CCCNC2)n1.Cl.